The molecular weight excluding hydrogens is 273 g/mol. The van der Waals surface area contributed by atoms with Gasteiger partial charge in [0.05, 0.1) is 6.61 Å². The second-order valence-corrected chi connectivity index (χ2v) is 5.00. The molecule has 1 fully saturated rings. The molecule has 8 nitrogen and oxygen atoms in total. The smallest absolute Gasteiger partial charge is 0.351 e. The van der Waals surface area contributed by atoms with Crippen molar-refractivity contribution in [3.05, 3.63) is 22.7 Å². The predicted octanol–water partition coefficient (Wildman–Crippen LogP) is -1.83. The Morgan fingerprint density at radius 2 is 2.30 bits per heavy atom. The standard InChI is InChI=1S/C11H16FN3O5/c1-10(19)7(17)11(4-12,5-16)20-8(10)15-3-2-6(13)14-9(15)18/h2-3,7-8,16-17,19H,4-5H2,1H3,(H2,13,14,18)/t7-,8+,10?,11+/m0/s1. The molecule has 2 rings (SSSR count). The summed E-state index contributed by atoms with van der Waals surface area (Å²) in [6.45, 7) is -0.902. The van der Waals surface area contributed by atoms with E-state index in [0.29, 0.717) is 0 Å². The lowest BCUT2D eigenvalue weighted by atomic mass is 9.88. The third-order valence-corrected chi connectivity index (χ3v) is 3.50. The number of hydrogen-bond donors (Lipinski definition) is 4. The van der Waals surface area contributed by atoms with Crippen LogP contribution in [0.2, 0.25) is 0 Å². The van der Waals surface area contributed by atoms with Crippen molar-refractivity contribution in [1.29, 1.82) is 0 Å². The number of nitrogens with two attached hydrogens (primary N) is 1. The lowest BCUT2D eigenvalue weighted by Gasteiger charge is -2.29. The summed E-state index contributed by atoms with van der Waals surface area (Å²) in [6.07, 6.45) is -1.91. The van der Waals surface area contributed by atoms with E-state index in [-0.39, 0.29) is 5.82 Å². The molecule has 5 N–H and O–H groups in total. The number of aliphatic hydroxyl groups is 3. The molecule has 112 valence electrons. The van der Waals surface area contributed by atoms with E-state index in [0.717, 1.165) is 4.57 Å². The van der Waals surface area contributed by atoms with Crippen LogP contribution in [0.4, 0.5) is 10.2 Å². The van der Waals surface area contributed by atoms with E-state index >= 15 is 0 Å². The Kier molecular flexibility index (Phi) is 3.54. The number of nitrogen functional groups attached to an aromatic ring is 1. The van der Waals surface area contributed by atoms with Crippen molar-refractivity contribution in [3.8, 4) is 0 Å². The second kappa shape index (κ2) is 4.77. The first-order valence-corrected chi connectivity index (χ1v) is 5.88. The molecule has 4 atom stereocenters. The topological polar surface area (TPSA) is 131 Å². The fourth-order valence-corrected chi connectivity index (χ4v) is 2.29. The SMILES string of the molecule is CC1(O)[C@H](n2ccc(N)nc2=O)O[C@@](CO)(CF)[C@H]1O. The van der Waals surface area contributed by atoms with Crippen LogP contribution in [-0.4, -0.2) is 55.5 Å². The maximum absolute atomic E-state index is 13.1. The Labute approximate surface area is 113 Å². The Balaban J connectivity index is 2.50. The van der Waals surface area contributed by atoms with E-state index in [9.17, 15) is 24.5 Å². The van der Waals surface area contributed by atoms with Crippen LogP contribution < -0.4 is 11.4 Å². The number of alkyl halides is 1. The van der Waals surface area contributed by atoms with Gasteiger partial charge in [-0.3, -0.25) is 4.57 Å². The van der Waals surface area contributed by atoms with E-state index in [2.05, 4.69) is 4.98 Å². The van der Waals surface area contributed by atoms with Crippen LogP contribution in [-0.2, 0) is 4.74 Å². The van der Waals surface area contributed by atoms with Gasteiger partial charge in [0, 0.05) is 6.20 Å². The predicted molar refractivity (Wildman–Crippen MR) is 65.5 cm³/mol. The maximum atomic E-state index is 13.1. The van der Waals surface area contributed by atoms with E-state index in [1.165, 1.54) is 19.2 Å². The molecule has 2 heterocycles. The molecule has 9 heteroatoms. The van der Waals surface area contributed by atoms with Gasteiger partial charge in [0.15, 0.2) is 11.8 Å². The van der Waals surface area contributed by atoms with Gasteiger partial charge in [-0.25, -0.2) is 9.18 Å². The second-order valence-electron chi connectivity index (χ2n) is 5.00. The Morgan fingerprint density at radius 3 is 2.75 bits per heavy atom. The van der Waals surface area contributed by atoms with Gasteiger partial charge in [0.1, 0.15) is 24.2 Å². The van der Waals surface area contributed by atoms with Crippen LogP contribution in [0, 0.1) is 0 Å². The van der Waals surface area contributed by atoms with Crippen molar-refractivity contribution in [2.75, 3.05) is 19.0 Å². The first kappa shape index (κ1) is 14.9. The summed E-state index contributed by atoms with van der Waals surface area (Å²) in [5.74, 6) is -0.0247. The van der Waals surface area contributed by atoms with Gasteiger partial charge in [-0.05, 0) is 13.0 Å². The number of halogens is 1. The lowest BCUT2D eigenvalue weighted by molar-refractivity contribution is -0.140. The van der Waals surface area contributed by atoms with E-state index in [4.69, 9.17) is 10.5 Å². The minimum Gasteiger partial charge on any atom is -0.393 e. The molecule has 0 amide bonds. The third kappa shape index (κ3) is 1.99. The molecule has 0 aromatic carbocycles. The van der Waals surface area contributed by atoms with Crippen LogP contribution in [0.15, 0.2) is 17.1 Å². The fourth-order valence-electron chi connectivity index (χ4n) is 2.29. The molecule has 1 saturated heterocycles. The largest absolute Gasteiger partial charge is 0.393 e. The Morgan fingerprint density at radius 1 is 1.65 bits per heavy atom. The molecule has 20 heavy (non-hydrogen) atoms. The summed E-state index contributed by atoms with van der Waals surface area (Å²) in [5, 5.41) is 29.5. The van der Waals surface area contributed by atoms with Gasteiger partial charge in [-0.15, -0.1) is 0 Å². The van der Waals surface area contributed by atoms with E-state index in [1.807, 2.05) is 0 Å². The van der Waals surface area contributed by atoms with Crippen molar-refractivity contribution < 1.29 is 24.4 Å². The van der Waals surface area contributed by atoms with Crippen LogP contribution >= 0.6 is 0 Å². The molecule has 0 saturated carbocycles. The zero-order valence-electron chi connectivity index (χ0n) is 10.7. The third-order valence-electron chi connectivity index (χ3n) is 3.50. The van der Waals surface area contributed by atoms with Crippen molar-refractivity contribution in [2.45, 2.75) is 30.5 Å². The number of anilines is 1. The highest BCUT2D eigenvalue weighted by molar-refractivity contribution is 5.24. The zero-order valence-corrected chi connectivity index (χ0v) is 10.7. The molecule has 0 bridgehead atoms. The highest BCUT2D eigenvalue weighted by Gasteiger charge is 2.61. The first-order chi connectivity index (χ1) is 9.28. The van der Waals surface area contributed by atoms with Crippen LogP contribution in [0.5, 0.6) is 0 Å². The van der Waals surface area contributed by atoms with Gasteiger partial charge in [-0.2, -0.15) is 4.98 Å². The minimum atomic E-state index is -1.99. The highest BCUT2D eigenvalue weighted by Crippen LogP contribution is 2.43. The lowest BCUT2D eigenvalue weighted by Crippen LogP contribution is -2.52. The van der Waals surface area contributed by atoms with Gasteiger partial charge in [0.2, 0.25) is 0 Å². The number of ether oxygens (including phenoxy) is 1. The number of aromatic nitrogens is 2. The van der Waals surface area contributed by atoms with Gasteiger partial charge < -0.3 is 25.8 Å². The molecule has 0 aliphatic carbocycles. The molecule has 1 aromatic rings. The first-order valence-electron chi connectivity index (χ1n) is 5.88. The summed E-state index contributed by atoms with van der Waals surface area (Å²) in [6, 6.07) is 1.29. The van der Waals surface area contributed by atoms with Gasteiger partial charge in [0.25, 0.3) is 0 Å². The monoisotopic (exact) mass is 289 g/mol. The highest BCUT2D eigenvalue weighted by atomic mass is 19.1. The fraction of sp³-hybridized carbons (Fsp3) is 0.636. The molecule has 1 aliphatic heterocycles. The summed E-state index contributed by atoms with van der Waals surface area (Å²) < 4.78 is 19.2. The van der Waals surface area contributed by atoms with Crippen molar-refractivity contribution in [3.63, 3.8) is 0 Å². The number of nitrogens with zero attached hydrogens (tertiary/aromatic N) is 2. The average molecular weight is 289 g/mol. The average Bonchev–Trinajstić information content (AvgIpc) is 2.60. The molecule has 0 spiro atoms. The molecular formula is C11H16FN3O5. The van der Waals surface area contributed by atoms with Crippen molar-refractivity contribution >= 4 is 5.82 Å². The number of aliphatic hydroxyl groups excluding tert-OH is 2. The summed E-state index contributed by atoms with van der Waals surface area (Å²) in [5.41, 5.74) is 0.545. The summed E-state index contributed by atoms with van der Waals surface area (Å²) in [4.78, 5) is 15.2. The number of rotatable bonds is 3. The molecule has 1 unspecified atom stereocenters. The maximum Gasteiger partial charge on any atom is 0.351 e. The zero-order chi connectivity index (χ0) is 15.1. The Hall–Kier alpha value is -1.55. The van der Waals surface area contributed by atoms with Crippen molar-refractivity contribution in [1.82, 2.24) is 9.55 Å². The Bertz CT molecular complexity index is 557. The van der Waals surface area contributed by atoms with Crippen LogP contribution in [0.25, 0.3) is 0 Å². The minimum absolute atomic E-state index is 0.0247. The molecule has 1 aromatic heterocycles. The van der Waals surface area contributed by atoms with Crippen molar-refractivity contribution in [2.24, 2.45) is 0 Å². The molecule has 0 radical (unpaired) electrons. The van der Waals surface area contributed by atoms with E-state index < -0.39 is 42.5 Å². The molecule has 1 aliphatic rings. The normalized spacial score (nSPS) is 37.2. The van der Waals surface area contributed by atoms with Gasteiger partial charge in [-0.1, -0.05) is 0 Å². The number of hydrogen-bond acceptors (Lipinski definition) is 7. The van der Waals surface area contributed by atoms with Gasteiger partial charge >= 0.3 is 5.69 Å². The van der Waals surface area contributed by atoms with Crippen LogP contribution in [0.3, 0.4) is 0 Å². The summed E-state index contributed by atoms with van der Waals surface area (Å²) >= 11 is 0. The summed E-state index contributed by atoms with van der Waals surface area (Å²) in [7, 11) is 0. The van der Waals surface area contributed by atoms with E-state index in [1.54, 1.807) is 0 Å². The quantitative estimate of drug-likeness (QED) is 0.514. The van der Waals surface area contributed by atoms with Crippen LogP contribution in [0.1, 0.15) is 13.2 Å².